The standard InChI is InChI=1S/C24H47NO/c1-3-5-6-7-8-9-10-11-12-13-14-15-16-17-18-19-22-26-24-20-21-25(4-2)23-24/h11-12,24H,3-10,13-23H2,1-2H3/b12-11-/t24-/m0/s1. The zero-order chi connectivity index (χ0) is 18.7. The molecule has 0 aliphatic carbocycles. The first-order chi connectivity index (χ1) is 12.9. The molecular formula is C24H47NO. The highest BCUT2D eigenvalue weighted by molar-refractivity contribution is 4.81. The van der Waals surface area contributed by atoms with Crippen molar-refractivity contribution in [2.24, 2.45) is 0 Å². The molecule has 1 fully saturated rings. The van der Waals surface area contributed by atoms with Gasteiger partial charge in [-0.2, -0.15) is 0 Å². The Labute approximate surface area is 164 Å². The first-order valence-electron chi connectivity index (χ1n) is 11.9. The number of likely N-dealkylation sites (tertiary alicyclic amines) is 1. The first kappa shape index (κ1) is 23.7. The lowest BCUT2D eigenvalue weighted by Crippen LogP contribution is -2.23. The molecule has 1 saturated heterocycles. The van der Waals surface area contributed by atoms with Crippen molar-refractivity contribution in [1.29, 1.82) is 0 Å². The fourth-order valence-corrected chi connectivity index (χ4v) is 3.82. The smallest absolute Gasteiger partial charge is 0.0714 e. The fraction of sp³-hybridized carbons (Fsp3) is 0.917. The second-order valence-corrected chi connectivity index (χ2v) is 8.11. The molecule has 1 aliphatic rings. The van der Waals surface area contributed by atoms with Gasteiger partial charge in [-0.3, -0.25) is 0 Å². The van der Waals surface area contributed by atoms with Crippen molar-refractivity contribution in [2.45, 2.75) is 116 Å². The zero-order valence-corrected chi connectivity index (χ0v) is 18.0. The molecule has 1 aliphatic heterocycles. The number of rotatable bonds is 18. The van der Waals surface area contributed by atoms with E-state index in [4.69, 9.17) is 4.74 Å². The van der Waals surface area contributed by atoms with Crippen LogP contribution >= 0.6 is 0 Å². The van der Waals surface area contributed by atoms with Crippen molar-refractivity contribution in [3.63, 3.8) is 0 Å². The van der Waals surface area contributed by atoms with Crippen LogP contribution in [0.4, 0.5) is 0 Å². The van der Waals surface area contributed by atoms with Crippen molar-refractivity contribution in [3.8, 4) is 0 Å². The monoisotopic (exact) mass is 365 g/mol. The fourth-order valence-electron chi connectivity index (χ4n) is 3.82. The molecule has 0 amide bonds. The number of likely N-dealkylation sites (N-methyl/N-ethyl adjacent to an activating group) is 1. The van der Waals surface area contributed by atoms with Gasteiger partial charge in [0.1, 0.15) is 0 Å². The summed E-state index contributed by atoms with van der Waals surface area (Å²) in [5.41, 5.74) is 0. The third kappa shape index (κ3) is 13.8. The lowest BCUT2D eigenvalue weighted by atomic mass is 10.1. The lowest BCUT2D eigenvalue weighted by molar-refractivity contribution is 0.0568. The predicted molar refractivity (Wildman–Crippen MR) is 116 cm³/mol. The van der Waals surface area contributed by atoms with E-state index >= 15 is 0 Å². The maximum Gasteiger partial charge on any atom is 0.0714 e. The molecule has 2 heteroatoms. The predicted octanol–water partition coefficient (Wildman–Crippen LogP) is 7.13. The van der Waals surface area contributed by atoms with Gasteiger partial charge in [0.25, 0.3) is 0 Å². The van der Waals surface area contributed by atoms with Crippen molar-refractivity contribution in [3.05, 3.63) is 12.2 Å². The van der Waals surface area contributed by atoms with E-state index in [1.165, 1.54) is 109 Å². The Morgan fingerprint density at radius 1 is 0.769 bits per heavy atom. The Bertz CT molecular complexity index is 315. The minimum atomic E-state index is 0.512. The van der Waals surface area contributed by atoms with E-state index in [0.29, 0.717) is 6.10 Å². The van der Waals surface area contributed by atoms with E-state index in [2.05, 4.69) is 30.9 Å². The summed E-state index contributed by atoms with van der Waals surface area (Å²) in [4.78, 5) is 2.49. The number of ether oxygens (including phenoxy) is 1. The van der Waals surface area contributed by atoms with Gasteiger partial charge < -0.3 is 9.64 Å². The van der Waals surface area contributed by atoms with Crippen LogP contribution < -0.4 is 0 Å². The van der Waals surface area contributed by atoms with Crippen LogP contribution in [0.25, 0.3) is 0 Å². The van der Waals surface area contributed by atoms with Gasteiger partial charge in [0, 0.05) is 19.7 Å². The van der Waals surface area contributed by atoms with Gasteiger partial charge in [-0.15, -0.1) is 0 Å². The average molecular weight is 366 g/mol. The number of nitrogens with zero attached hydrogens (tertiary/aromatic N) is 1. The SMILES string of the molecule is CCCCCCCC/C=C\CCCCCCCCO[C@H]1CCN(CC)C1. The molecule has 0 unspecified atom stereocenters. The van der Waals surface area contributed by atoms with Crippen molar-refractivity contribution >= 4 is 0 Å². The Morgan fingerprint density at radius 3 is 1.92 bits per heavy atom. The highest BCUT2D eigenvalue weighted by atomic mass is 16.5. The summed E-state index contributed by atoms with van der Waals surface area (Å²) >= 11 is 0. The van der Waals surface area contributed by atoms with Gasteiger partial charge in [-0.25, -0.2) is 0 Å². The van der Waals surface area contributed by atoms with Gasteiger partial charge in [0.2, 0.25) is 0 Å². The number of unbranched alkanes of at least 4 members (excludes halogenated alkanes) is 12. The minimum Gasteiger partial charge on any atom is -0.377 e. The Balaban J connectivity index is 1.72. The summed E-state index contributed by atoms with van der Waals surface area (Å²) in [5.74, 6) is 0. The molecule has 0 saturated carbocycles. The molecule has 1 rings (SSSR count). The molecule has 0 spiro atoms. The number of allylic oxidation sites excluding steroid dienone is 2. The van der Waals surface area contributed by atoms with Crippen LogP contribution in [-0.4, -0.2) is 37.2 Å². The Morgan fingerprint density at radius 2 is 1.35 bits per heavy atom. The van der Waals surface area contributed by atoms with E-state index in [1.54, 1.807) is 0 Å². The summed E-state index contributed by atoms with van der Waals surface area (Å²) in [6.07, 6.45) is 25.8. The van der Waals surface area contributed by atoms with Crippen molar-refractivity contribution in [2.75, 3.05) is 26.2 Å². The van der Waals surface area contributed by atoms with E-state index in [-0.39, 0.29) is 0 Å². The second-order valence-electron chi connectivity index (χ2n) is 8.11. The molecule has 2 nitrogen and oxygen atoms in total. The third-order valence-electron chi connectivity index (χ3n) is 5.69. The molecule has 1 atom stereocenters. The topological polar surface area (TPSA) is 12.5 Å². The van der Waals surface area contributed by atoms with Gasteiger partial charge in [-0.1, -0.05) is 83.8 Å². The largest absolute Gasteiger partial charge is 0.377 e. The van der Waals surface area contributed by atoms with Crippen LogP contribution in [0.1, 0.15) is 110 Å². The Kier molecular flexibility index (Phi) is 16.4. The molecule has 0 bridgehead atoms. The third-order valence-corrected chi connectivity index (χ3v) is 5.69. The highest BCUT2D eigenvalue weighted by Crippen LogP contribution is 2.14. The van der Waals surface area contributed by atoms with Gasteiger partial charge in [-0.05, 0) is 45.1 Å². The van der Waals surface area contributed by atoms with Crippen LogP contribution in [0.2, 0.25) is 0 Å². The van der Waals surface area contributed by atoms with E-state index in [0.717, 1.165) is 13.2 Å². The minimum absolute atomic E-state index is 0.512. The van der Waals surface area contributed by atoms with Crippen LogP contribution in [0.3, 0.4) is 0 Å². The summed E-state index contributed by atoms with van der Waals surface area (Å²) in [7, 11) is 0. The van der Waals surface area contributed by atoms with Crippen LogP contribution in [0, 0.1) is 0 Å². The number of hydrogen-bond acceptors (Lipinski definition) is 2. The molecule has 154 valence electrons. The molecule has 0 N–H and O–H groups in total. The molecule has 0 aromatic heterocycles. The van der Waals surface area contributed by atoms with E-state index < -0.39 is 0 Å². The summed E-state index contributed by atoms with van der Waals surface area (Å²) in [6.45, 7) is 9.07. The molecular weight excluding hydrogens is 318 g/mol. The van der Waals surface area contributed by atoms with Crippen LogP contribution in [0.5, 0.6) is 0 Å². The second kappa shape index (κ2) is 18.0. The molecule has 1 heterocycles. The van der Waals surface area contributed by atoms with Crippen LogP contribution in [0.15, 0.2) is 12.2 Å². The Hall–Kier alpha value is -0.340. The van der Waals surface area contributed by atoms with E-state index in [9.17, 15) is 0 Å². The van der Waals surface area contributed by atoms with Gasteiger partial charge in [0.15, 0.2) is 0 Å². The first-order valence-corrected chi connectivity index (χ1v) is 11.9. The van der Waals surface area contributed by atoms with Crippen molar-refractivity contribution in [1.82, 2.24) is 4.90 Å². The summed E-state index contributed by atoms with van der Waals surface area (Å²) in [5, 5.41) is 0. The summed E-state index contributed by atoms with van der Waals surface area (Å²) in [6, 6.07) is 0. The average Bonchev–Trinajstić information content (AvgIpc) is 3.12. The molecule has 0 aromatic rings. The maximum absolute atomic E-state index is 6.00. The molecule has 0 aromatic carbocycles. The quantitative estimate of drug-likeness (QED) is 0.189. The number of hydrogen-bond donors (Lipinski definition) is 0. The maximum atomic E-state index is 6.00. The normalized spacial score (nSPS) is 18.3. The van der Waals surface area contributed by atoms with Gasteiger partial charge >= 0.3 is 0 Å². The van der Waals surface area contributed by atoms with Crippen LogP contribution in [-0.2, 0) is 4.74 Å². The highest BCUT2D eigenvalue weighted by Gasteiger charge is 2.20. The lowest BCUT2D eigenvalue weighted by Gasteiger charge is -2.13. The van der Waals surface area contributed by atoms with E-state index in [1.807, 2.05) is 0 Å². The molecule has 26 heavy (non-hydrogen) atoms. The summed E-state index contributed by atoms with van der Waals surface area (Å²) < 4.78 is 6.00. The van der Waals surface area contributed by atoms with Gasteiger partial charge in [0.05, 0.1) is 6.10 Å². The molecule has 0 radical (unpaired) electrons. The zero-order valence-electron chi connectivity index (χ0n) is 18.0. The van der Waals surface area contributed by atoms with Crippen molar-refractivity contribution < 1.29 is 4.74 Å².